The minimum absolute atomic E-state index is 0.0709. The van der Waals surface area contributed by atoms with Crippen molar-refractivity contribution in [3.63, 3.8) is 0 Å². The highest BCUT2D eigenvalue weighted by molar-refractivity contribution is 5.84. The van der Waals surface area contributed by atoms with Crippen molar-refractivity contribution in [3.8, 4) is 0 Å². The fourth-order valence-electron chi connectivity index (χ4n) is 4.04. The van der Waals surface area contributed by atoms with Crippen LogP contribution < -0.4 is 5.32 Å². The van der Waals surface area contributed by atoms with E-state index in [4.69, 9.17) is 0 Å². The number of amides is 1. The van der Waals surface area contributed by atoms with Gasteiger partial charge in [-0.15, -0.1) is 0 Å². The van der Waals surface area contributed by atoms with Crippen LogP contribution in [0.5, 0.6) is 0 Å². The molecular weight excluding hydrogens is 248 g/mol. The van der Waals surface area contributed by atoms with Crippen molar-refractivity contribution in [2.45, 2.75) is 97.3 Å². The molecule has 1 heterocycles. The first-order valence-corrected chi connectivity index (χ1v) is 8.56. The highest BCUT2D eigenvalue weighted by atomic mass is 16.2. The van der Waals surface area contributed by atoms with Crippen LogP contribution in [0, 0.1) is 5.41 Å². The Morgan fingerprint density at radius 2 is 1.95 bits per heavy atom. The number of carbonyl (C=O) groups is 1. The third-order valence-electron chi connectivity index (χ3n) is 4.99. The molecule has 2 rings (SSSR count). The Labute approximate surface area is 124 Å². The summed E-state index contributed by atoms with van der Waals surface area (Å²) >= 11 is 0. The second kappa shape index (κ2) is 6.46. The van der Waals surface area contributed by atoms with E-state index in [0.29, 0.717) is 17.4 Å². The van der Waals surface area contributed by atoms with E-state index in [1.165, 1.54) is 25.7 Å². The molecule has 3 nitrogen and oxygen atoms in total. The molecule has 2 aliphatic rings. The van der Waals surface area contributed by atoms with Gasteiger partial charge in [0, 0.05) is 6.04 Å². The summed E-state index contributed by atoms with van der Waals surface area (Å²) in [5.74, 6) is 0.369. The van der Waals surface area contributed by atoms with E-state index in [-0.39, 0.29) is 12.2 Å². The van der Waals surface area contributed by atoms with Gasteiger partial charge in [0.15, 0.2) is 0 Å². The third kappa shape index (κ3) is 3.36. The Morgan fingerprint density at radius 1 is 1.25 bits per heavy atom. The van der Waals surface area contributed by atoms with Gasteiger partial charge in [0.2, 0.25) is 5.91 Å². The summed E-state index contributed by atoms with van der Waals surface area (Å²) in [6, 6.07) is 0.527. The van der Waals surface area contributed by atoms with E-state index in [9.17, 15) is 4.79 Å². The molecular formula is C17H32N2O. The normalized spacial score (nSPS) is 33.7. The Hall–Kier alpha value is -0.570. The summed E-state index contributed by atoms with van der Waals surface area (Å²) in [6.07, 6.45) is 9.48. The predicted molar refractivity (Wildman–Crippen MR) is 83.4 cm³/mol. The lowest BCUT2D eigenvalue weighted by Gasteiger charge is -2.41. The van der Waals surface area contributed by atoms with Crippen LogP contribution in [-0.2, 0) is 4.79 Å². The summed E-state index contributed by atoms with van der Waals surface area (Å²) in [5.41, 5.74) is 0.392. The molecule has 0 aromatic carbocycles. The van der Waals surface area contributed by atoms with Crippen LogP contribution in [0.25, 0.3) is 0 Å². The first-order valence-electron chi connectivity index (χ1n) is 8.56. The summed E-state index contributed by atoms with van der Waals surface area (Å²) in [6.45, 7) is 9.08. The average molecular weight is 280 g/mol. The zero-order chi connectivity index (χ0) is 14.8. The first kappa shape index (κ1) is 15.8. The zero-order valence-corrected chi connectivity index (χ0v) is 13.7. The predicted octanol–water partition coefficient (Wildman–Crippen LogP) is 3.68. The average Bonchev–Trinajstić information content (AvgIpc) is 2.66. The van der Waals surface area contributed by atoms with Gasteiger partial charge in [-0.05, 0) is 37.5 Å². The SMILES string of the molecule is CCCC1NC(CCC)N(C2CCCC(C)(C)C2)C1=O. The lowest BCUT2D eigenvalue weighted by Crippen LogP contribution is -2.47. The highest BCUT2D eigenvalue weighted by Gasteiger charge is 2.43. The summed E-state index contributed by atoms with van der Waals surface area (Å²) in [4.78, 5) is 15.0. The van der Waals surface area contributed by atoms with Gasteiger partial charge in [-0.3, -0.25) is 10.1 Å². The molecule has 3 atom stereocenters. The standard InChI is InChI=1S/C17H32N2O/c1-5-8-14-16(20)19(15(18-14)9-6-2)13-10-7-11-17(3,4)12-13/h13-15,18H,5-12H2,1-4H3. The molecule has 1 amide bonds. The largest absolute Gasteiger partial charge is 0.323 e. The monoisotopic (exact) mass is 280 g/mol. The van der Waals surface area contributed by atoms with Crippen molar-refractivity contribution in [2.24, 2.45) is 5.41 Å². The fraction of sp³-hybridized carbons (Fsp3) is 0.941. The van der Waals surface area contributed by atoms with E-state index in [1.807, 2.05) is 0 Å². The molecule has 0 aromatic rings. The Kier molecular flexibility index (Phi) is 5.11. The number of hydrogen-bond acceptors (Lipinski definition) is 2. The van der Waals surface area contributed by atoms with Gasteiger partial charge in [-0.2, -0.15) is 0 Å². The summed E-state index contributed by atoms with van der Waals surface area (Å²) in [7, 11) is 0. The van der Waals surface area contributed by atoms with Crippen molar-refractivity contribution < 1.29 is 4.79 Å². The minimum atomic E-state index is 0.0709. The van der Waals surface area contributed by atoms with Crippen LogP contribution in [0.3, 0.4) is 0 Å². The van der Waals surface area contributed by atoms with E-state index in [1.54, 1.807) is 0 Å². The fourth-order valence-corrected chi connectivity index (χ4v) is 4.04. The molecule has 1 aliphatic heterocycles. The van der Waals surface area contributed by atoms with Crippen molar-refractivity contribution in [3.05, 3.63) is 0 Å². The molecule has 1 aliphatic carbocycles. The molecule has 1 saturated carbocycles. The van der Waals surface area contributed by atoms with Crippen LogP contribution in [0.2, 0.25) is 0 Å². The maximum absolute atomic E-state index is 12.8. The van der Waals surface area contributed by atoms with Crippen molar-refractivity contribution in [2.75, 3.05) is 0 Å². The van der Waals surface area contributed by atoms with E-state index in [2.05, 4.69) is 37.9 Å². The Bertz CT molecular complexity index is 340. The molecule has 2 fully saturated rings. The maximum atomic E-state index is 12.8. The maximum Gasteiger partial charge on any atom is 0.241 e. The first-order chi connectivity index (χ1) is 9.48. The second-order valence-electron chi connectivity index (χ2n) is 7.47. The number of rotatable bonds is 5. The highest BCUT2D eigenvalue weighted by Crippen LogP contribution is 2.39. The number of hydrogen-bond donors (Lipinski definition) is 1. The molecule has 0 aromatic heterocycles. The van der Waals surface area contributed by atoms with Gasteiger partial charge in [0.1, 0.15) is 0 Å². The van der Waals surface area contributed by atoms with Crippen LogP contribution in [0.4, 0.5) is 0 Å². The second-order valence-corrected chi connectivity index (χ2v) is 7.47. The van der Waals surface area contributed by atoms with Crippen molar-refractivity contribution >= 4 is 5.91 Å². The van der Waals surface area contributed by atoms with Crippen LogP contribution in [0.1, 0.15) is 79.1 Å². The third-order valence-corrected chi connectivity index (χ3v) is 4.99. The van der Waals surface area contributed by atoms with Crippen molar-refractivity contribution in [1.82, 2.24) is 10.2 Å². The molecule has 1 N–H and O–H groups in total. The quantitative estimate of drug-likeness (QED) is 0.833. The molecule has 0 bridgehead atoms. The molecule has 0 spiro atoms. The van der Waals surface area contributed by atoms with Gasteiger partial charge in [-0.1, -0.05) is 47.0 Å². The van der Waals surface area contributed by atoms with E-state index >= 15 is 0 Å². The van der Waals surface area contributed by atoms with Crippen LogP contribution in [0.15, 0.2) is 0 Å². The summed E-state index contributed by atoms with van der Waals surface area (Å²) in [5, 5.41) is 3.59. The summed E-state index contributed by atoms with van der Waals surface area (Å²) < 4.78 is 0. The zero-order valence-electron chi connectivity index (χ0n) is 13.7. The molecule has 0 radical (unpaired) electrons. The Balaban J connectivity index is 2.11. The smallest absolute Gasteiger partial charge is 0.241 e. The van der Waals surface area contributed by atoms with Crippen LogP contribution >= 0.6 is 0 Å². The molecule has 3 heteroatoms. The van der Waals surface area contributed by atoms with Gasteiger partial charge in [0.25, 0.3) is 0 Å². The lowest BCUT2D eigenvalue weighted by molar-refractivity contribution is -0.134. The van der Waals surface area contributed by atoms with Gasteiger partial charge >= 0.3 is 0 Å². The lowest BCUT2D eigenvalue weighted by atomic mass is 9.74. The molecule has 1 saturated heterocycles. The van der Waals surface area contributed by atoms with E-state index < -0.39 is 0 Å². The molecule has 3 unspecified atom stereocenters. The van der Waals surface area contributed by atoms with Gasteiger partial charge < -0.3 is 4.90 Å². The topological polar surface area (TPSA) is 32.3 Å². The number of nitrogens with one attached hydrogen (secondary N) is 1. The molecule has 20 heavy (non-hydrogen) atoms. The molecule has 116 valence electrons. The van der Waals surface area contributed by atoms with Gasteiger partial charge in [0.05, 0.1) is 12.2 Å². The van der Waals surface area contributed by atoms with E-state index in [0.717, 1.165) is 25.7 Å². The Morgan fingerprint density at radius 3 is 2.55 bits per heavy atom. The van der Waals surface area contributed by atoms with Crippen molar-refractivity contribution in [1.29, 1.82) is 0 Å². The number of nitrogens with zero attached hydrogens (tertiary/aromatic N) is 1. The van der Waals surface area contributed by atoms with Gasteiger partial charge in [-0.25, -0.2) is 0 Å². The minimum Gasteiger partial charge on any atom is -0.323 e. The number of carbonyl (C=O) groups excluding carboxylic acids is 1. The van der Waals surface area contributed by atoms with Crippen LogP contribution in [-0.4, -0.2) is 29.1 Å².